The maximum atomic E-state index is 11.4. The summed E-state index contributed by atoms with van der Waals surface area (Å²) in [4.78, 5) is 0. The summed E-state index contributed by atoms with van der Waals surface area (Å²) >= 11 is 0. The Balaban J connectivity index is 2.66. The van der Waals surface area contributed by atoms with Crippen LogP contribution in [0.1, 0.15) is 6.92 Å². The molecule has 1 heterocycles. The molecule has 13 heavy (non-hydrogen) atoms. The summed E-state index contributed by atoms with van der Waals surface area (Å²) < 4.78 is 24.2. The zero-order valence-corrected chi connectivity index (χ0v) is 8.34. The summed E-state index contributed by atoms with van der Waals surface area (Å²) in [6.45, 7) is 3.51. The third-order valence-electron chi connectivity index (χ3n) is 1.97. The predicted octanol–water partition coefficient (Wildman–Crippen LogP) is -0.867. The number of rotatable bonds is 2. The van der Waals surface area contributed by atoms with Gasteiger partial charge in [-0.2, -0.15) is 9.57 Å². The zero-order chi connectivity index (χ0) is 9.90. The van der Waals surface area contributed by atoms with Gasteiger partial charge < -0.3 is 5.32 Å². The number of hydrogen-bond acceptors (Lipinski definition) is 4. The van der Waals surface area contributed by atoms with Gasteiger partial charge in [0.2, 0.25) is 10.0 Å². The highest BCUT2D eigenvalue weighted by molar-refractivity contribution is 7.89. The van der Waals surface area contributed by atoms with Crippen LogP contribution in [0.3, 0.4) is 0 Å². The van der Waals surface area contributed by atoms with Gasteiger partial charge in [-0.3, -0.25) is 0 Å². The molecule has 1 aliphatic heterocycles. The average Bonchev–Trinajstić information content (AvgIpc) is 2.04. The Hall–Kier alpha value is -0.640. The molecular formula is C7H13N3O2S. The zero-order valence-electron chi connectivity index (χ0n) is 7.52. The quantitative estimate of drug-likeness (QED) is 0.633. The van der Waals surface area contributed by atoms with Gasteiger partial charge >= 0.3 is 0 Å². The van der Waals surface area contributed by atoms with E-state index in [9.17, 15) is 8.42 Å². The fourth-order valence-electron chi connectivity index (χ4n) is 1.32. The number of sulfonamides is 1. The first-order chi connectivity index (χ1) is 6.06. The first-order valence-electron chi connectivity index (χ1n) is 4.14. The second-order valence-electron chi connectivity index (χ2n) is 3.13. The molecular weight excluding hydrogens is 190 g/mol. The fraction of sp³-hybridized carbons (Fsp3) is 0.857. The number of hydrogen-bond donors (Lipinski definition) is 1. The molecule has 0 aliphatic carbocycles. The number of nitrogens with one attached hydrogen (secondary N) is 1. The Morgan fingerprint density at radius 2 is 2.38 bits per heavy atom. The fourth-order valence-corrected chi connectivity index (χ4v) is 2.49. The Labute approximate surface area is 78.4 Å². The third-order valence-corrected chi connectivity index (χ3v) is 3.58. The molecule has 1 fully saturated rings. The van der Waals surface area contributed by atoms with Gasteiger partial charge in [0.25, 0.3) is 0 Å². The highest BCUT2D eigenvalue weighted by Crippen LogP contribution is 2.05. The summed E-state index contributed by atoms with van der Waals surface area (Å²) in [5, 5.41) is 11.5. The van der Waals surface area contributed by atoms with Crippen LogP contribution in [0.25, 0.3) is 0 Å². The molecule has 5 nitrogen and oxygen atoms in total. The molecule has 1 aliphatic rings. The number of piperazine rings is 1. The molecule has 1 rings (SSSR count). The van der Waals surface area contributed by atoms with E-state index in [-0.39, 0.29) is 6.04 Å². The lowest BCUT2D eigenvalue weighted by Crippen LogP contribution is -2.51. The van der Waals surface area contributed by atoms with Crippen LogP contribution in [0, 0.1) is 11.3 Å². The van der Waals surface area contributed by atoms with Gasteiger partial charge in [0.05, 0.1) is 6.07 Å². The Kier molecular flexibility index (Phi) is 3.25. The van der Waals surface area contributed by atoms with Crippen molar-refractivity contribution in [2.45, 2.75) is 13.0 Å². The van der Waals surface area contributed by atoms with Crippen molar-refractivity contribution in [2.24, 2.45) is 0 Å². The van der Waals surface area contributed by atoms with Crippen LogP contribution >= 0.6 is 0 Å². The van der Waals surface area contributed by atoms with Crippen molar-refractivity contribution in [2.75, 3.05) is 25.4 Å². The molecule has 0 spiro atoms. The van der Waals surface area contributed by atoms with Gasteiger partial charge in [0.1, 0.15) is 0 Å². The van der Waals surface area contributed by atoms with Crippen molar-refractivity contribution in [1.29, 1.82) is 5.26 Å². The summed E-state index contributed by atoms with van der Waals surface area (Å²) in [5.74, 6) is -0.417. The first kappa shape index (κ1) is 10.4. The minimum atomic E-state index is -3.33. The van der Waals surface area contributed by atoms with Crippen molar-refractivity contribution < 1.29 is 8.42 Å². The van der Waals surface area contributed by atoms with Gasteiger partial charge in [-0.25, -0.2) is 8.42 Å². The lowest BCUT2D eigenvalue weighted by atomic mass is 10.3. The summed E-state index contributed by atoms with van der Waals surface area (Å²) in [6.07, 6.45) is 0. The molecule has 1 atom stereocenters. The van der Waals surface area contributed by atoms with E-state index in [0.717, 1.165) is 0 Å². The highest BCUT2D eigenvalue weighted by Gasteiger charge is 2.26. The number of nitriles is 1. The van der Waals surface area contributed by atoms with E-state index < -0.39 is 15.8 Å². The molecule has 0 unspecified atom stereocenters. The molecule has 1 N–H and O–H groups in total. The van der Waals surface area contributed by atoms with Gasteiger partial charge in [0.15, 0.2) is 5.75 Å². The van der Waals surface area contributed by atoms with Crippen LogP contribution in [-0.2, 0) is 10.0 Å². The number of nitrogens with zero attached hydrogens (tertiary/aromatic N) is 2. The summed E-state index contributed by atoms with van der Waals surface area (Å²) in [6, 6.07) is 1.84. The standard InChI is InChI=1S/C7H13N3O2S/c1-7-6-10(4-3-9-7)13(11,12)5-2-8/h7,9H,3-6H2,1H3/t7-/m1/s1. The first-order valence-corrected chi connectivity index (χ1v) is 5.75. The van der Waals surface area contributed by atoms with Gasteiger partial charge in [0, 0.05) is 25.7 Å². The van der Waals surface area contributed by atoms with Crippen LogP contribution in [0.15, 0.2) is 0 Å². The van der Waals surface area contributed by atoms with Crippen molar-refractivity contribution >= 4 is 10.0 Å². The summed E-state index contributed by atoms with van der Waals surface area (Å²) in [5.41, 5.74) is 0. The Morgan fingerprint density at radius 1 is 1.69 bits per heavy atom. The lowest BCUT2D eigenvalue weighted by molar-refractivity contribution is 0.311. The summed E-state index contributed by atoms with van der Waals surface area (Å²) in [7, 11) is -3.33. The second kappa shape index (κ2) is 4.05. The van der Waals surface area contributed by atoms with Crippen molar-refractivity contribution in [3.63, 3.8) is 0 Å². The van der Waals surface area contributed by atoms with E-state index >= 15 is 0 Å². The molecule has 0 saturated carbocycles. The van der Waals surface area contributed by atoms with Gasteiger partial charge in [-0.1, -0.05) is 0 Å². The van der Waals surface area contributed by atoms with E-state index in [2.05, 4.69) is 5.32 Å². The van der Waals surface area contributed by atoms with Crippen molar-refractivity contribution in [3.8, 4) is 6.07 Å². The SMILES string of the molecule is C[C@@H]1CN(S(=O)(=O)CC#N)CCN1. The Bertz CT molecular complexity index is 306. The third kappa shape index (κ3) is 2.66. The minimum absolute atomic E-state index is 0.169. The average molecular weight is 203 g/mol. The van der Waals surface area contributed by atoms with Crippen LogP contribution in [0.2, 0.25) is 0 Å². The molecule has 74 valence electrons. The molecule has 0 aromatic rings. The highest BCUT2D eigenvalue weighted by atomic mass is 32.2. The second-order valence-corrected chi connectivity index (χ2v) is 5.10. The van der Waals surface area contributed by atoms with Crippen molar-refractivity contribution in [3.05, 3.63) is 0 Å². The molecule has 1 saturated heterocycles. The van der Waals surface area contributed by atoms with E-state index in [0.29, 0.717) is 19.6 Å². The molecule has 0 amide bonds. The maximum absolute atomic E-state index is 11.4. The minimum Gasteiger partial charge on any atom is -0.312 e. The predicted molar refractivity (Wildman–Crippen MR) is 48.4 cm³/mol. The van der Waals surface area contributed by atoms with Gasteiger partial charge in [-0.05, 0) is 6.92 Å². The van der Waals surface area contributed by atoms with E-state index in [1.807, 2.05) is 6.92 Å². The molecule has 0 bridgehead atoms. The van der Waals surface area contributed by atoms with E-state index in [1.54, 1.807) is 6.07 Å². The maximum Gasteiger partial charge on any atom is 0.227 e. The van der Waals surface area contributed by atoms with Crippen LogP contribution < -0.4 is 5.32 Å². The largest absolute Gasteiger partial charge is 0.312 e. The van der Waals surface area contributed by atoms with Gasteiger partial charge in [-0.15, -0.1) is 0 Å². The molecule has 0 radical (unpaired) electrons. The van der Waals surface area contributed by atoms with E-state index in [4.69, 9.17) is 5.26 Å². The van der Waals surface area contributed by atoms with Crippen molar-refractivity contribution in [1.82, 2.24) is 9.62 Å². The van der Waals surface area contributed by atoms with Crippen LogP contribution in [-0.4, -0.2) is 44.2 Å². The van der Waals surface area contributed by atoms with E-state index in [1.165, 1.54) is 4.31 Å². The molecule has 6 heteroatoms. The Morgan fingerprint density at radius 3 is 2.92 bits per heavy atom. The monoisotopic (exact) mass is 203 g/mol. The topological polar surface area (TPSA) is 73.2 Å². The molecule has 0 aromatic heterocycles. The van der Waals surface area contributed by atoms with Crippen LogP contribution in [0.4, 0.5) is 0 Å². The molecule has 0 aromatic carbocycles. The lowest BCUT2D eigenvalue weighted by Gasteiger charge is -2.30. The normalized spacial score (nSPS) is 25.4. The smallest absolute Gasteiger partial charge is 0.227 e. The van der Waals surface area contributed by atoms with Crippen LogP contribution in [0.5, 0.6) is 0 Å².